The second-order valence-electron chi connectivity index (χ2n) is 23.1. The van der Waals surface area contributed by atoms with Gasteiger partial charge in [-0.2, -0.15) is 0 Å². The summed E-state index contributed by atoms with van der Waals surface area (Å²) in [6.07, 6.45) is 0. The van der Waals surface area contributed by atoms with Gasteiger partial charge in [-0.25, -0.2) is 0 Å². The highest BCUT2D eigenvalue weighted by Crippen LogP contribution is 2.49. The molecule has 0 bridgehead atoms. The third-order valence-corrected chi connectivity index (χ3v) is 13.9. The molecule has 2 heterocycles. The second kappa shape index (κ2) is 15.2. The zero-order valence-corrected chi connectivity index (χ0v) is 41.2. The van der Waals surface area contributed by atoms with Gasteiger partial charge in [0.2, 0.25) is 0 Å². The Labute approximate surface area is 385 Å². The minimum Gasteiger partial charge on any atom is -0.311 e. The Morgan fingerprint density at radius 2 is 0.641 bits per heavy atom. The first kappa shape index (κ1) is 43.5. The van der Waals surface area contributed by atoms with E-state index in [4.69, 9.17) is 0 Å². The molecule has 0 aromatic heterocycles. The van der Waals surface area contributed by atoms with Crippen molar-refractivity contribution in [3.8, 4) is 22.3 Å². The number of aryl methyl sites for hydroxylation is 3. The summed E-state index contributed by atoms with van der Waals surface area (Å²) in [4.78, 5) is 5.21. The van der Waals surface area contributed by atoms with Gasteiger partial charge in [-0.05, 0) is 146 Å². The predicted molar refractivity (Wildman–Crippen MR) is 280 cm³/mol. The molecule has 2 aliphatic rings. The number of hydrogen-bond acceptors (Lipinski definition) is 2. The van der Waals surface area contributed by atoms with Gasteiger partial charge >= 0.3 is 0 Å². The van der Waals surface area contributed by atoms with E-state index in [0.29, 0.717) is 0 Å². The predicted octanol–water partition coefficient (Wildman–Crippen LogP) is 15.2. The van der Waals surface area contributed by atoms with E-state index >= 15 is 0 Å². The van der Waals surface area contributed by atoms with Crippen LogP contribution in [-0.2, 0) is 21.7 Å². The van der Waals surface area contributed by atoms with Gasteiger partial charge in [0.25, 0.3) is 6.71 Å². The largest absolute Gasteiger partial charge is 0.311 e. The number of nitrogens with zero attached hydrogens (tertiary/aromatic N) is 2. The Morgan fingerprint density at radius 3 is 0.984 bits per heavy atom. The van der Waals surface area contributed by atoms with Crippen LogP contribution in [0, 0.1) is 20.8 Å². The van der Waals surface area contributed by atoms with Crippen LogP contribution in [0.3, 0.4) is 0 Å². The highest BCUT2D eigenvalue weighted by Gasteiger charge is 2.45. The van der Waals surface area contributed by atoms with Gasteiger partial charge in [0.05, 0.1) is 11.4 Å². The highest BCUT2D eigenvalue weighted by molar-refractivity contribution is 7.00. The molecule has 0 spiro atoms. The maximum Gasteiger partial charge on any atom is 0.252 e. The minimum absolute atomic E-state index is 0.0210. The highest BCUT2D eigenvalue weighted by atomic mass is 15.2. The molecule has 7 aromatic carbocycles. The van der Waals surface area contributed by atoms with Gasteiger partial charge in [-0.15, -0.1) is 0 Å². The number of rotatable bonds is 4. The number of benzene rings is 7. The van der Waals surface area contributed by atoms with Gasteiger partial charge in [-0.1, -0.05) is 179 Å². The molecule has 0 aliphatic carbocycles. The van der Waals surface area contributed by atoms with Crippen molar-refractivity contribution in [1.82, 2.24) is 0 Å². The fraction of sp³-hybridized carbons (Fsp3) is 0.311. The van der Waals surface area contributed by atoms with Gasteiger partial charge in [0.1, 0.15) is 0 Å². The van der Waals surface area contributed by atoms with Crippen LogP contribution in [0.15, 0.2) is 133 Å². The third kappa shape index (κ3) is 7.59. The monoisotopic (exact) mass is 839 g/mol. The van der Waals surface area contributed by atoms with Crippen LogP contribution in [0.2, 0.25) is 0 Å². The van der Waals surface area contributed by atoms with Crippen molar-refractivity contribution in [2.75, 3.05) is 9.80 Å². The van der Waals surface area contributed by atoms with Gasteiger partial charge in [-0.3, -0.25) is 0 Å². The van der Waals surface area contributed by atoms with Crippen molar-refractivity contribution >= 4 is 57.2 Å². The lowest BCUT2D eigenvalue weighted by Crippen LogP contribution is -2.61. The van der Waals surface area contributed by atoms with Crippen molar-refractivity contribution in [3.63, 3.8) is 0 Å². The summed E-state index contributed by atoms with van der Waals surface area (Å²) in [5.41, 5.74) is 25.6. The first-order valence-electron chi connectivity index (χ1n) is 23.5. The van der Waals surface area contributed by atoms with Crippen LogP contribution in [0.25, 0.3) is 22.3 Å². The molecule has 3 heteroatoms. The van der Waals surface area contributed by atoms with Crippen molar-refractivity contribution in [3.05, 3.63) is 172 Å². The molecular formula is C61H67BN2. The molecule has 0 amide bonds. The van der Waals surface area contributed by atoms with E-state index in [-0.39, 0.29) is 28.4 Å². The fourth-order valence-corrected chi connectivity index (χ4v) is 10.0. The zero-order chi connectivity index (χ0) is 45.8. The first-order valence-corrected chi connectivity index (χ1v) is 23.5. The van der Waals surface area contributed by atoms with Crippen LogP contribution < -0.4 is 26.2 Å². The summed E-state index contributed by atoms with van der Waals surface area (Å²) in [5, 5.41) is 0. The molecule has 0 radical (unpaired) electrons. The molecule has 0 N–H and O–H groups in total. The van der Waals surface area contributed by atoms with Crippen LogP contribution >= 0.6 is 0 Å². The molecule has 0 saturated heterocycles. The summed E-state index contributed by atoms with van der Waals surface area (Å²) in [5.74, 6) is 0. The third-order valence-electron chi connectivity index (χ3n) is 13.9. The number of hydrogen-bond donors (Lipinski definition) is 0. The van der Waals surface area contributed by atoms with Crippen molar-refractivity contribution in [2.45, 2.75) is 126 Å². The molecule has 324 valence electrons. The lowest BCUT2D eigenvalue weighted by molar-refractivity contribution is 0.590. The van der Waals surface area contributed by atoms with Crippen LogP contribution in [-0.4, -0.2) is 6.71 Å². The van der Waals surface area contributed by atoms with Crippen molar-refractivity contribution < 1.29 is 0 Å². The van der Waals surface area contributed by atoms with E-state index in [1.54, 1.807) is 0 Å². The molecule has 0 unspecified atom stereocenters. The number of fused-ring (bicyclic) bond motifs is 4. The Bertz CT molecular complexity index is 2740. The van der Waals surface area contributed by atoms with Gasteiger partial charge < -0.3 is 9.80 Å². The molecule has 2 nitrogen and oxygen atoms in total. The summed E-state index contributed by atoms with van der Waals surface area (Å²) in [6.45, 7) is 34.6. The second-order valence-corrected chi connectivity index (χ2v) is 23.1. The maximum atomic E-state index is 2.61. The Morgan fingerprint density at radius 1 is 0.312 bits per heavy atom. The lowest BCUT2D eigenvalue weighted by Gasteiger charge is -2.45. The first-order chi connectivity index (χ1) is 30.0. The fourth-order valence-electron chi connectivity index (χ4n) is 10.0. The minimum atomic E-state index is -0.0316. The average Bonchev–Trinajstić information content (AvgIpc) is 3.22. The number of anilines is 6. The molecular weight excluding hydrogens is 771 g/mol. The van der Waals surface area contributed by atoms with Crippen molar-refractivity contribution in [2.24, 2.45) is 0 Å². The van der Waals surface area contributed by atoms with E-state index in [9.17, 15) is 0 Å². The Balaban J connectivity index is 1.37. The molecule has 64 heavy (non-hydrogen) atoms. The van der Waals surface area contributed by atoms with Crippen LogP contribution in [0.5, 0.6) is 0 Å². The van der Waals surface area contributed by atoms with E-state index in [1.807, 2.05) is 0 Å². The van der Waals surface area contributed by atoms with E-state index in [2.05, 4.69) is 247 Å². The molecule has 2 aliphatic heterocycles. The Hall–Kier alpha value is -5.80. The molecule has 0 fully saturated rings. The van der Waals surface area contributed by atoms with Crippen molar-refractivity contribution in [1.29, 1.82) is 0 Å². The molecule has 9 rings (SSSR count). The standard InChI is InChI=1S/C61H67BN2/c1-38-16-28-51(47(32-38)41-18-22-43(23-19-41)58(4,5)6)63-53-30-26-45(60(10,11)12)36-49(53)62-50-37-46(61(13,14)15)27-31-54(50)64(56-35-40(3)34-55(63)57(56)62)52-29-17-39(2)33-48(52)42-20-24-44(25-21-42)59(7,8)9/h16-37H,1-15H3. The molecule has 0 atom stereocenters. The molecule has 0 saturated carbocycles. The smallest absolute Gasteiger partial charge is 0.252 e. The maximum absolute atomic E-state index is 2.61. The normalized spacial score (nSPS) is 13.8. The summed E-state index contributed by atoms with van der Waals surface area (Å²) in [7, 11) is 0. The summed E-state index contributed by atoms with van der Waals surface area (Å²) in [6, 6.07) is 52.3. The zero-order valence-electron chi connectivity index (χ0n) is 41.2. The van der Waals surface area contributed by atoms with E-state index < -0.39 is 0 Å². The SMILES string of the molecule is Cc1ccc(N2c3ccc(C(C)(C)C)cc3B3c4cc(C(C)(C)C)ccc4N(c4ccc(C)cc4-c4ccc(C(C)(C)C)cc4)c4cc(C)cc2c43)c(-c2ccc(C(C)(C)C)cc2)c1. The quantitative estimate of drug-likeness (QED) is 0.163. The average molecular weight is 839 g/mol. The Kier molecular flexibility index (Phi) is 10.3. The summed E-state index contributed by atoms with van der Waals surface area (Å²) >= 11 is 0. The van der Waals surface area contributed by atoms with E-state index in [1.165, 1.54) is 112 Å². The van der Waals surface area contributed by atoms with E-state index in [0.717, 1.165) is 0 Å². The van der Waals surface area contributed by atoms with Crippen LogP contribution in [0.1, 0.15) is 122 Å². The van der Waals surface area contributed by atoms with Gasteiger partial charge in [0, 0.05) is 33.9 Å². The molecule has 7 aromatic rings. The summed E-state index contributed by atoms with van der Waals surface area (Å²) < 4.78 is 0. The van der Waals surface area contributed by atoms with Gasteiger partial charge in [0.15, 0.2) is 0 Å². The lowest BCUT2D eigenvalue weighted by atomic mass is 9.33. The van der Waals surface area contributed by atoms with Crippen LogP contribution in [0.4, 0.5) is 34.1 Å². The topological polar surface area (TPSA) is 6.48 Å².